The molecule has 241 valence electrons. The molecule has 3 heterocycles. The van der Waals surface area contributed by atoms with Gasteiger partial charge in [-0.15, -0.1) is 18.2 Å². The van der Waals surface area contributed by atoms with Gasteiger partial charge in [0.25, 0.3) is 0 Å². The SMILES string of the molecule is CCC(C)(C)C(=O)/C=C(\O)C(C)(C)CC.Cc1nc(-c2[c-]ccc3c2oc2ccccc23)c2ccc3c(C)ncc(C)c3c2n1.[Ir]. The second-order valence-electron chi connectivity index (χ2n) is 13.1. The van der Waals surface area contributed by atoms with E-state index in [0.29, 0.717) is 0 Å². The van der Waals surface area contributed by atoms with Gasteiger partial charge in [0.05, 0.1) is 11.1 Å². The van der Waals surface area contributed by atoms with E-state index in [1.54, 1.807) is 0 Å². The van der Waals surface area contributed by atoms with Crippen molar-refractivity contribution < 1.29 is 34.4 Å². The van der Waals surface area contributed by atoms with E-state index < -0.39 is 0 Å². The monoisotopic (exact) mass is 793 g/mol. The number of hydrogen-bond acceptors (Lipinski definition) is 6. The summed E-state index contributed by atoms with van der Waals surface area (Å²) in [6.07, 6.45) is 4.91. The number of rotatable bonds is 6. The molecule has 0 saturated heterocycles. The molecule has 7 heteroatoms. The molecule has 0 saturated carbocycles. The summed E-state index contributed by atoms with van der Waals surface area (Å²) in [4.78, 5) is 26.0. The van der Waals surface area contributed by atoms with Crippen LogP contribution in [0.3, 0.4) is 0 Å². The van der Waals surface area contributed by atoms with Gasteiger partial charge in [-0.05, 0) is 50.6 Å². The number of pyridine rings is 1. The molecule has 0 unspecified atom stereocenters. The molecular formula is C39H42IrN3O3-. The first kappa shape index (κ1) is 34.9. The van der Waals surface area contributed by atoms with Crippen molar-refractivity contribution in [1.29, 1.82) is 0 Å². The van der Waals surface area contributed by atoms with E-state index in [1.165, 1.54) is 6.08 Å². The van der Waals surface area contributed by atoms with E-state index in [0.717, 1.165) is 84.8 Å². The molecule has 0 aliphatic carbocycles. The normalized spacial score (nSPS) is 12.3. The topological polar surface area (TPSA) is 89.1 Å². The smallest absolute Gasteiger partial charge is 0.164 e. The van der Waals surface area contributed by atoms with Gasteiger partial charge in [-0.2, -0.15) is 0 Å². The summed E-state index contributed by atoms with van der Waals surface area (Å²) < 4.78 is 6.26. The summed E-state index contributed by atoms with van der Waals surface area (Å²) in [6, 6.07) is 19.7. The number of aryl methyl sites for hydroxylation is 3. The number of fused-ring (bicyclic) bond motifs is 6. The Balaban J connectivity index is 0.000000259. The maximum Gasteiger partial charge on any atom is 0.164 e. The Kier molecular flexibility index (Phi) is 10.2. The number of aliphatic hydroxyl groups is 1. The molecule has 6 nitrogen and oxygen atoms in total. The van der Waals surface area contributed by atoms with Gasteiger partial charge in [-0.3, -0.25) is 14.8 Å². The molecule has 0 bridgehead atoms. The Labute approximate surface area is 284 Å². The minimum atomic E-state index is -0.377. The zero-order valence-electron chi connectivity index (χ0n) is 28.1. The van der Waals surface area contributed by atoms with Gasteiger partial charge >= 0.3 is 0 Å². The van der Waals surface area contributed by atoms with Crippen LogP contribution in [0.15, 0.2) is 71.0 Å². The molecule has 0 aliphatic heterocycles. The molecule has 1 radical (unpaired) electrons. The third-order valence-electron chi connectivity index (χ3n) is 9.19. The van der Waals surface area contributed by atoms with Crippen LogP contribution in [0, 0.1) is 37.7 Å². The molecule has 0 aliphatic rings. The van der Waals surface area contributed by atoms with Crippen LogP contribution >= 0.6 is 0 Å². The van der Waals surface area contributed by atoms with Gasteiger partial charge < -0.3 is 9.52 Å². The van der Waals surface area contributed by atoms with Crippen molar-refractivity contribution in [3.05, 3.63) is 89.7 Å². The summed E-state index contributed by atoms with van der Waals surface area (Å²) in [5, 5.41) is 15.3. The Morgan fingerprint density at radius 1 is 0.891 bits per heavy atom. The van der Waals surface area contributed by atoms with E-state index in [9.17, 15) is 9.90 Å². The summed E-state index contributed by atoms with van der Waals surface area (Å²) >= 11 is 0. The summed E-state index contributed by atoms with van der Waals surface area (Å²) in [5.41, 5.74) is 5.75. The van der Waals surface area contributed by atoms with Crippen LogP contribution in [0.2, 0.25) is 0 Å². The second kappa shape index (κ2) is 13.4. The van der Waals surface area contributed by atoms with E-state index in [-0.39, 0.29) is 42.5 Å². The predicted molar refractivity (Wildman–Crippen MR) is 184 cm³/mol. The largest absolute Gasteiger partial charge is 0.512 e. The van der Waals surface area contributed by atoms with Gasteiger partial charge in [0.15, 0.2) is 5.78 Å². The van der Waals surface area contributed by atoms with Crippen LogP contribution in [0.4, 0.5) is 0 Å². The standard InChI is InChI=1S/C26H18N3O.C13H24O2.Ir/c1-14-13-27-15(2)17-11-12-20-24(28-16(3)29-25(20)23(14)17)21-9-6-8-19-18-7-4-5-10-22(18)30-26(19)21;1-7-12(3,4)10(14)9-11(15)13(5,6)8-2;/h4-8,10-13H,1-3H3;9,14H,7-8H2,1-6H3;/q-1;;/b;10-9-;. The van der Waals surface area contributed by atoms with Crippen LogP contribution in [-0.2, 0) is 24.9 Å². The number of carbonyl (C=O) groups is 1. The Hall–Kier alpha value is -3.93. The van der Waals surface area contributed by atoms with Gasteiger partial charge in [0.1, 0.15) is 17.2 Å². The molecule has 3 aromatic heterocycles. The number of benzene rings is 3. The van der Waals surface area contributed by atoms with Crippen molar-refractivity contribution in [1.82, 2.24) is 15.0 Å². The molecule has 3 aromatic carbocycles. The summed E-state index contributed by atoms with van der Waals surface area (Å²) in [5.74, 6) is 0.918. The molecule has 0 amide bonds. The Morgan fingerprint density at radius 2 is 1.57 bits per heavy atom. The van der Waals surface area contributed by atoms with Gasteiger partial charge in [0, 0.05) is 70.8 Å². The van der Waals surface area contributed by atoms with Crippen molar-refractivity contribution in [3.63, 3.8) is 0 Å². The number of furan rings is 1. The summed E-state index contributed by atoms with van der Waals surface area (Å²) in [6.45, 7) is 17.7. The van der Waals surface area contributed by atoms with Crippen molar-refractivity contribution in [2.75, 3.05) is 0 Å². The third-order valence-corrected chi connectivity index (χ3v) is 9.19. The van der Waals surface area contributed by atoms with E-state index in [1.807, 2.05) is 85.9 Å². The zero-order valence-corrected chi connectivity index (χ0v) is 30.5. The number of para-hydroxylation sites is 1. The Bertz CT molecular complexity index is 2110. The van der Waals surface area contributed by atoms with Crippen LogP contribution < -0.4 is 0 Å². The average molecular weight is 793 g/mol. The van der Waals surface area contributed by atoms with Crippen molar-refractivity contribution >= 4 is 49.4 Å². The van der Waals surface area contributed by atoms with Gasteiger partial charge in [0.2, 0.25) is 0 Å². The number of allylic oxidation sites excluding steroid dienone is 2. The predicted octanol–water partition coefficient (Wildman–Crippen LogP) is 10.3. The zero-order chi connectivity index (χ0) is 32.7. The molecule has 0 fully saturated rings. The van der Waals surface area contributed by atoms with E-state index in [2.05, 4.69) is 42.2 Å². The van der Waals surface area contributed by atoms with Gasteiger partial charge in [-0.1, -0.05) is 82.8 Å². The third kappa shape index (κ3) is 6.49. The molecule has 1 N–H and O–H groups in total. The summed E-state index contributed by atoms with van der Waals surface area (Å²) in [7, 11) is 0. The molecule has 0 spiro atoms. The minimum Gasteiger partial charge on any atom is -0.512 e. The number of ketones is 1. The maximum atomic E-state index is 11.8. The first-order valence-electron chi connectivity index (χ1n) is 15.6. The van der Waals surface area contributed by atoms with Crippen LogP contribution in [0.25, 0.3) is 54.9 Å². The van der Waals surface area contributed by atoms with Crippen molar-refractivity contribution in [3.8, 4) is 11.3 Å². The number of nitrogens with zero attached hydrogens (tertiary/aromatic N) is 3. The maximum absolute atomic E-state index is 11.8. The fourth-order valence-electron chi connectivity index (χ4n) is 5.26. The van der Waals surface area contributed by atoms with Crippen LogP contribution in [0.1, 0.15) is 71.5 Å². The van der Waals surface area contributed by atoms with Crippen LogP contribution in [0.5, 0.6) is 0 Å². The van der Waals surface area contributed by atoms with Crippen molar-refractivity contribution in [2.45, 2.75) is 75.2 Å². The quantitative estimate of drug-likeness (QED) is 0.0782. The van der Waals surface area contributed by atoms with E-state index >= 15 is 0 Å². The number of carbonyl (C=O) groups excluding carboxylic acids is 1. The van der Waals surface area contributed by atoms with Gasteiger partial charge in [-0.25, -0.2) is 4.98 Å². The molecule has 6 aromatic rings. The molecule has 0 atom stereocenters. The molecule has 46 heavy (non-hydrogen) atoms. The molecular weight excluding hydrogens is 751 g/mol. The Morgan fingerprint density at radius 3 is 2.26 bits per heavy atom. The number of hydrogen-bond donors (Lipinski definition) is 1. The first-order chi connectivity index (χ1) is 21.3. The number of aliphatic hydroxyl groups excluding tert-OH is 1. The van der Waals surface area contributed by atoms with Crippen LogP contribution in [-0.4, -0.2) is 25.8 Å². The number of aromatic nitrogens is 3. The first-order valence-corrected chi connectivity index (χ1v) is 15.6. The average Bonchev–Trinajstić information content (AvgIpc) is 3.41. The van der Waals surface area contributed by atoms with E-state index in [4.69, 9.17) is 14.4 Å². The fraction of sp³-hybridized carbons (Fsp3) is 0.333. The second-order valence-corrected chi connectivity index (χ2v) is 13.1. The van der Waals surface area contributed by atoms with Crippen molar-refractivity contribution in [2.24, 2.45) is 10.8 Å². The minimum absolute atomic E-state index is 0. The fourth-order valence-corrected chi connectivity index (χ4v) is 5.26. The molecule has 6 rings (SSSR count).